The van der Waals surface area contributed by atoms with Crippen LogP contribution in [0.4, 0.5) is 14.5 Å². The molecule has 1 heterocycles. The molecule has 0 radical (unpaired) electrons. The molecule has 1 saturated carbocycles. The first-order chi connectivity index (χ1) is 9.70. The minimum Gasteiger partial charge on any atom is -0.378 e. The molecule has 0 saturated heterocycles. The highest BCUT2D eigenvalue weighted by molar-refractivity contribution is 5.39. The fraction of sp³-hybridized carbons (Fsp3) is 0.400. The minimum absolute atomic E-state index is 0.380. The summed E-state index contributed by atoms with van der Waals surface area (Å²) in [5.74, 6) is -1.10. The van der Waals surface area contributed by atoms with Gasteiger partial charge in [-0.2, -0.15) is 5.10 Å². The van der Waals surface area contributed by atoms with Crippen molar-refractivity contribution in [3.63, 3.8) is 0 Å². The van der Waals surface area contributed by atoms with Crippen molar-refractivity contribution < 1.29 is 8.78 Å². The summed E-state index contributed by atoms with van der Waals surface area (Å²) < 4.78 is 28.1. The lowest BCUT2D eigenvalue weighted by Crippen LogP contribution is -2.04. The maximum atomic E-state index is 13.1. The van der Waals surface area contributed by atoms with Crippen LogP contribution < -0.4 is 5.32 Å². The van der Waals surface area contributed by atoms with Gasteiger partial charge in [0, 0.05) is 18.8 Å². The molecule has 0 bridgehead atoms. The van der Waals surface area contributed by atoms with Crippen LogP contribution in [0, 0.1) is 11.6 Å². The van der Waals surface area contributed by atoms with Gasteiger partial charge in [-0.3, -0.25) is 4.68 Å². The van der Waals surface area contributed by atoms with Crippen LogP contribution in [0.1, 0.15) is 37.3 Å². The number of anilines is 1. The zero-order valence-corrected chi connectivity index (χ0v) is 11.1. The molecule has 106 valence electrons. The third-order valence-electron chi connectivity index (χ3n) is 3.72. The number of aromatic nitrogens is 2. The van der Waals surface area contributed by atoms with Crippen LogP contribution in [0.15, 0.2) is 30.6 Å². The molecule has 1 aliphatic rings. The van der Waals surface area contributed by atoms with Gasteiger partial charge in [-0.05, 0) is 30.5 Å². The summed E-state index contributed by atoms with van der Waals surface area (Å²) >= 11 is 0. The third kappa shape index (κ3) is 2.98. The molecule has 0 spiro atoms. The SMILES string of the molecule is Fc1cc(F)cc(CNc2cnn(C3CCCC3)c2)c1. The van der Waals surface area contributed by atoms with E-state index in [9.17, 15) is 8.78 Å². The summed E-state index contributed by atoms with van der Waals surface area (Å²) in [5.41, 5.74) is 1.46. The molecule has 0 amide bonds. The molecule has 1 aliphatic carbocycles. The number of benzene rings is 1. The molecule has 0 unspecified atom stereocenters. The van der Waals surface area contributed by atoms with Gasteiger partial charge in [-0.15, -0.1) is 0 Å². The van der Waals surface area contributed by atoms with E-state index in [4.69, 9.17) is 0 Å². The molecule has 3 rings (SSSR count). The summed E-state index contributed by atoms with van der Waals surface area (Å²) in [7, 11) is 0. The molecule has 1 fully saturated rings. The monoisotopic (exact) mass is 277 g/mol. The minimum atomic E-state index is -0.552. The van der Waals surface area contributed by atoms with E-state index < -0.39 is 11.6 Å². The van der Waals surface area contributed by atoms with Crippen molar-refractivity contribution in [3.8, 4) is 0 Å². The number of hydrogen-bond donors (Lipinski definition) is 1. The van der Waals surface area contributed by atoms with Gasteiger partial charge in [0.15, 0.2) is 0 Å². The number of hydrogen-bond acceptors (Lipinski definition) is 2. The van der Waals surface area contributed by atoms with E-state index in [1.165, 1.54) is 37.8 Å². The van der Waals surface area contributed by atoms with Gasteiger partial charge in [0.2, 0.25) is 0 Å². The Morgan fingerprint density at radius 2 is 1.85 bits per heavy atom. The van der Waals surface area contributed by atoms with Crippen molar-refractivity contribution in [2.45, 2.75) is 38.3 Å². The molecular formula is C15H17F2N3. The lowest BCUT2D eigenvalue weighted by Gasteiger charge is -2.08. The van der Waals surface area contributed by atoms with Crippen molar-refractivity contribution in [2.75, 3.05) is 5.32 Å². The average Bonchev–Trinajstić information content (AvgIpc) is 3.06. The second-order valence-corrected chi connectivity index (χ2v) is 5.28. The Morgan fingerprint density at radius 3 is 2.55 bits per heavy atom. The normalized spacial score (nSPS) is 15.7. The molecule has 2 aromatic rings. The van der Waals surface area contributed by atoms with E-state index in [2.05, 4.69) is 10.4 Å². The Kier molecular flexibility index (Phi) is 3.67. The van der Waals surface area contributed by atoms with E-state index in [-0.39, 0.29) is 0 Å². The summed E-state index contributed by atoms with van der Waals surface area (Å²) in [6.45, 7) is 0.380. The van der Waals surface area contributed by atoms with Crippen molar-refractivity contribution in [1.29, 1.82) is 0 Å². The highest BCUT2D eigenvalue weighted by Gasteiger charge is 2.17. The molecule has 5 heteroatoms. The zero-order valence-electron chi connectivity index (χ0n) is 11.1. The Balaban J connectivity index is 1.63. The van der Waals surface area contributed by atoms with Gasteiger partial charge in [0.1, 0.15) is 11.6 Å². The molecule has 3 nitrogen and oxygen atoms in total. The van der Waals surface area contributed by atoms with E-state index in [0.29, 0.717) is 18.2 Å². The van der Waals surface area contributed by atoms with Gasteiger partial charge in [0.05, 0.1) is 17.9 Å². The van der Waals surface area contributed by atoms with E-state index in [1.807, 2.05) is 10.9 Å². The molecule has 0 atom stereocenters. The van der Waals surface area contributed by atoms with Crippen LogP contribution in [-0.4, -0.2) is 9.78 Å². The van der Waals surface area contributed by atoms with Gasteiger partial charge >= 0.3 is 0 Å². The van der Waals surface area contributed by atoms with Gasteiger partial charge in [-0.25, -0.2) is 8.78 Å². The van der Waals surface area contributed by atoms with Gasteiger partial charge in [0.25, 0.3) is 0 Å². The molecule has 0 aliphatic heterocycles. The van der Waals surface area contributed by atoms with E-state index in [0.717, 1.165) is 11.8 Å². The zero-order chi connectivity index (χ0) is 13.9. The summed E-state index contributed by atoms with van der Waals surface area (Å²) in [6.07, 6.45) is 8.60. The largest absolute Gasteiger partial charge is 0.378 e. The van der Waals surface area contributed by atoms with Crippen molar-refractivity contribution in [2.24, 2.45) is 0 Å². The standard InChI is InChI=1S/C15H17F2N3/c16-12-5-11(6-13(17)7-12)8-18-14-9-19-20(10-14)15-3-1-2-4-15/h5-7,9-10,15,18H,1-4,8H2. The number of nitrogens with one attached hydrogen (secondary N) is 1. The van der Waals surface area contributed by atoms with Crippen LogP contribution in [0.25, 0.3) is 0 Å². The van der Waals surface area contributed by atoms with Gasteiger partial charge < -0.3 is 5.32 Å². The summed E-state index contributed by atoms with van der Waals surface area (Å²) in [4.78, 5) is 0. The highest BCUT2D eigenvalue weighted by atomic mass is 19.1. The quantitative estimate of drug-likeness (QED) is 0.919. The number of halogens is 2. The van der Waals surface area contributed by atoms with Crippen LogP contribution in [0.3, 0.4) is 0 Å². The third-order valence-corrected chi connectivity index (χ3v) is 3.72. The number of nitrogens with zero attached hydrogens (tertiary/aromatic N) is 2. The fourth-order valence-corrected chi connectivity index (χ4v) is 2.71. The molecule has 1 N–H and O–H groups in total. The van der Waals surface area contributed by atoms with Crippen molar-refractivity contribution in [3.05, 3.63) is 47.8 Å². The maximum Gasteiger partial charge on any atom is 0.126 e. The molecular weight excluding hydrogens is 260 g/mol. The Labute approximate surface area is 116 Å². The van der Waals surface area contributed by atoms with Crippen LogP contribution in [0.2, 0.25) is 0 Å². The lowest BCUT2D eigenvalue weighted by molar-refractivity contribution is 0.467. The second kappa shape index (κ2) is 5.61. The summed E-state index contributed by atoms with van der Waals surface area (Å²) in [6, 6.07) is 4.04. The van der Waals surface area contributed by atoms with Crippen LogP contribution in [-0.2, 0) is 6.54 Å². The van der Waals surface area contributed by atoms with E-state index >= 15 is 0 Å². The lowest BCUT2D eigenvalue weighted by atomic mass is 10.2. The van der Waals surface area contributed by atoms with E-state index in [1.54, 1.807) is 6.20 Å². The second-order valence-electron chi connectivity index (χ2n) is 5.28. The van der Waals surface area contributed by atoms with Crippen molar-refractivity contribution in [1.82, 2.24) is 9.78 Å². The average molecular weight is 277 g/mol. The van der Waals surface area contributed by atoms with Gasteiger partial charge in [-0.1, -0.05) is 12.8 Å². The van der Waals surface area contributed by atoms with Crippen LogP contribution in [0.5, 0.6) is 0 Å². The summed E-state index contributed by atoms with van der Waals surface area (Å²) in [5, 5.41) is 7.49. The first-order valence-corrected chi connectivity index (χ1v) is 6.94. The molecule has 1 aromatic heterocycles. The fourth-order valence-electron chi connectivity index (χ4n) is 2.71. The van der Waals surface area contributed by atoms with Crippen LogP contribution >= 0.6 is 0 Å². The highest BCUT2D eigenvalue weighted by Crippen LogP contribution is 2.29. The Hall–Kier alpha value is -1.91. The molecule has 20 heavy (non-hydrogen) atoms. The predicted molar refractivity (Wildman–Crippen MR) is 73.4 cm³/mol. The first kappa shape index (κ1) is 13.1. The molecule has 1 aromatic carbocycles. The Morgan fingerprint density at radius 1 is 1.15 bits per heavy atom. The first-order valence-electron chi connectivity index (χ1n) is 6.94. The Bertz CT molecular complexity index is 568. The maximum absolute atomic E-state index is 13.1. The van der Waals surface area contributed by atoms with Crippen molar-refractivity contribution >= 4 is 5.69 Å². The predicted octanol–water partition coefficient (Wildman–Crippen LogP) is 3.89. The smallest absolute Gasteiger partial charge is 0.126 e. The number of rotatable bonds is 4. The topological polar surface area (TPSA) is 29.9 Å².